The minimum atomic E-state index is -0.424. The van der Waals surface area contributed by atoms with E-state index in [-0.39, 0.29) is 5.92 Å². The quantitative estimate of drug-likeness (QED) is 0.0749. The minimum Gasteiger partial charge on any atom is -0.261 e. The number of amidine groups is 2. The Hall–Kier alpha value is -8.01. The van der Waals surface area contributed by atoms with Crippen molar-refractivity contribution in [3.63, 3.8) is 0 Å². The van der Waals surface area contributed by atoms with Crippen LogP contribution in [0.1, 0.15) is 68.0 Å². The summed E-state index contributed by atoms with van der Waals surface area (Å²) in [5.74, 6) is 1.38. The monoisotopic (exact) mass is 821 g/mol. The summed E-state index contributed by atoms with van der Waals surface area (Å²) < 4.78 is 0. The van der Waals surface area contributed by atoms with E-state index in [2.05, 4.69) is 236 Å². The van der Waals surface area contributed by atoms with E-state index in [4.69, 9.17) is 9.98 Å². The Labute approximate surface area is 376 Å². The van der Waals surface area contributed by atoms with Gasteiger partial charge in [0, 0.05) is 17.0 Å². The fraction of sp³-hybridized carbons (Fsp3) is 0.0656. The highest BCUT2D eigenvalue weighted by molar-refractivity contribution is 6.13. The van der Waals surface area contributed by atoms with Crippen LogP contribution in [0, 0.1) is 0 Å². The van der Waals surface area contributed by atoms with E-state index >= 15 is 0 Å². The molecule has 3 heteroatoms. The maximum Gasteiger partial charge on any atom is 0.161 e. The van der Waals surface area contributed by atoms with Crippen LogP contribution in [0.4, 0.5) is 0 Å². The molecule has 0 N–H and O–H groups in total. The van der Waals surface area contributed by atoms with E-state index in [0.717, 1.165) is 50.9 Å². The highest BCUT2D eigenvalue weighted by atomic mass is 15.0. The second kappa shape index (κ2) is 18.1. The molecule has 0 saturated heterocycles. The molecule has 0 spiro atoms. The third-order valence-corrected chi connectivity index (χ3v) is 12.6. The molecule has 2 aliphatic carbocycles. The molecule has 306 valence electrons. The third kappa shape index (κ3) is 7.63. The van der Waals surface area contributed by atoms with Crippen LogP contribution in [0.5, 0.6) is 0 Å². The summed E-state index contributed by atoms with van der Waals surface area (Å²) >= 11 is 0. The Morgan fingerprint density at radius 3 is 1.47 bits per heavy atom. The Kier molecular flexibility index (Phi) is 11.4. The average Bonchev–Trinajstić information content (AvgIpc) is 3.67. The van der Waals surface area contributed by atoms with E-state index in [0.29, 0.717) is 18.2 Å². The smallest absolute Gasteiger partial charge is 0.161 e. The van der Waals surface area contributed by atoms with E-state index in [1.165, 1.54) is 33.4 Å². The molecule has 8 aromatic carbocycles. The number of hydrogen-bond acceptors (Lipinski definition) is 1. The fourth-order valence-electron chi connectivity index (χ4n) is 9.79. The van der Waals surface area contributed by atoms with E-state index in [1.807, 2.05) is 18.2 Å². The van der Waals surface area contributed by atoms with Gasteiger partial charge in [0.05, 0.1) is 12.0 Å². The number of hydrogen-bond donors (Lipinski definition) is 0. The maximum atomic E-state index is 5.32. The van der Waals surface area contributed by atoms with Crippen LogP contribution in [0.25, 0.3) is 11.1 Å². The lowest BCUT2D eigenvalue weighted by Crippen LogP contribution is -2.30. The third-order valence-electron chi connectivity index (χ3n) is 12.6. The van der Waals surface area contributed by atoms with Gasteiger partial charge in [0.2, 0.25) is 0 Å². The Bertz CT molecular complexity index is 2990. The van der Waals surface area contributed by atoms with Crippen molar-refractivity contribution >= 4 is 29.5 Å². The Morgan fingerprint density at radius 1 is 0.469 bits per heavy atom. The van der Waals surface area contributed by atoms with Crippen molar-refractivity contribution in [2.45, 2.75) is 17.8 Å². The lowest BCUT2D eigenvalue weighted by atomic mass is 9.66. The zero-order valence-corrected chi connectivity index (χ0v) is 35.6. The van der Waals surface area contributed by atoms with Gasteiger partial charge in [-0.1, -0.05) is 237 Å². The average molecular weight is 822 g/mol. The van der Waals surface area contributed by atoms with Crippen molar-refractivity contribution in [2.24, 2.45) is 15.0 Å². The number of allylic oxidation sites excluding steroid dienone is 2. The molecule has 0 aliphatic heterocycles. The summed E-state index contributed by atoms with van der Waals surface area (Å²) in [6.07, 6.45) is 5.70. The predicted octanol–water partition coefficient (Wildman–Crippen LogP) is 14.0. The molecular formula is C61H47N3. The Balaban J connectivity index is 1.07. The zero-order valence-electron chi connectivity index (χ0n) is 35.6. The normalized spacial score (nSPS) is 15.3. The minimum absolute atomic E-state index is 0.263. The zero-order chi connectivity index (χ0) is 43.1. The van der Waals surface area contributed by atoms with Crippen LogP contribution in [0.3, 0.4) is 0 Å². The van der Waals surface area contributed by atoms with Crippen molar-refractivity contribution in [3.8, 4) is 0 Å². The van der Waals surface area contributed by atoms with Gasteiger partial charge in [-0.2, -0.15) is 0 Å². The van der Waals surface area contributed by atoms with Gasteiger partial charge in [0.25, 0.3) is 0 Å². The van der Waals surface area contributed by atoms with Gasteiger partial charge in [-0.3, -0.25) is 4.99 Å². The SMILES string of the molecule is C=NC(=NC(=NCC1=CCC2C(=C1)C(c1ccccc1)(c1ccccc1)c1ccccc12)c1ccccc1)c1cccc(C(=C(c2ccccc2)c2ccccc2)c2ccccc2)c1. The predicted molar refractivity (Wildman–Crippen MR) is 267 cm³/mol. The van der Waals surface area contributed by atoms with E-state index in [9.17, 15) is 0 Å². The van der Waals surface area contributed by atoms with Gasteiger partial charge in [0.15, 0.2) is 11.7 Å². The summed E-state index contributed by atoms with van der Waals surface area (Å²) in [5, 5.41) is 0. The summed E-state index contributed by atoms with van der Waals surface area (Å²) in [4.78, 5) is 15.2. The molecule has 0 bridgehead atoms. The first kappa shape index (κ1) is 40.1. The summed E-state index contributed by atoms with van der Waals surface area (Å²) in [6, 6.07) is 81.6. The van der Waals surface area contributed by atoms with Crippen molar-refractivity contribution in [1.82, 2.24) is 0 Å². The maximum absolute atomic E-state index is 5.32. The number of fused-ring (bicyclic) bond motifs is 3. The lowest BCUT2D eigenvalue weighted by Gasteiger charge is -2.36. The molecule has 0 amide bonds. The topological polar surface area (TPSA) is 37.1 Å². The summed E-state index contributed by atoms with van der Waals surface area (Å²) in [5.41, 5.74) is 15.9. The molecule has 0 radical (unpaired) electrons. The van der Waals surface area contributed by atoms with Crippen LogP contribution in [-0.4, -0.2) is 24.9 Å². The van der Waals surface area contributed by atoms with Gasteiger partial charge < -0.3 is 0 Å². The number of rotatable bonds is 10. The van der Waals surface area contributed by atoms with Crippen molar-refractivity contribution < 1.29 is 0 Å². The van der Waals surface area contributed by atoms with E-state index in [1.54, 1.807) is 0 Å². The second-order valence-corrected chi connectivity index (χ2v) is 16.3. The molecule has 0 heterocycles. The Morgan fingerprint density at radius 2 is 0.922 bits per heavy atom. The molecule has 8 aromatic rings. The molecule has 1 atom stereocenters. The molecule has 64 heavy (non-hydrogen) atoms. The molecule has 0 saturated carbocycles. The molecule has 1 unspecified atom stereocenters. The summed E-state index contributed by atoms with van der Waals surface area (Å²) in [6.45, 7) is 4.52. The van der Waals surface area contributed by atoms with Crippen LogP contribution in [0.2, 0.25) is 0 Å². The van der Waals surface area contributed by atoms with Crippen LogP contribution < -0.4 is 0 Å². The van der Waals surface area contributed by atoms with Gasteiger partial charge >= 0.3 is 0 Å². The van der Waals surface area contributed by atoms with Gasteiger partial charge in [-0.15, -0.1) is 0 Å². The summed E-state index contributed by atoms with van der Waals surface area (Å²) in [7, 11) is 0. The fourth-order valence-corrected chi connectivity index (χ4v) is 9.79. The van der Waals surface area contributed by atoms with Gasteiger partial charge in [-0.05, 0) is 86.0 Å². The van der Waals surface area contributed by atoms with E-state index < -0.39 is 5.41 Å². The number of benzene rings is 8. The lowest BCUT2D eigenvalue weighted by molar-refractivity contribution is 0.688. The highest BCUT2D eigenvalue weighted by Crippen LogP contribution is 2.59. The van der Waals surface area contributed by atoms with Crippen molar-refractivity contribution in [1.29, 1.82) is 0 Å². The molecule has 0 aromatic heterocycles. The van der Waals surface area contributed by atoms with Crippen molar-refractivity contribution in [2.75, 3.05) is 6.54 Å². The molecule has 3 nitrogen and oxygen atoms in total. The number of aliphatic imine (C=N–C) groups is 3. The highest BCUT2D eigenvalue weighted by Gasteiger charge is 2.50. The molecule has 2 aliphatic rings. The molecule has 10 rings (SSSR count). The van der Waals surface area contributed by atoms with Crippen LogP contribution in [0.15, 0.2) is 269 Å². The van der Waals surface area contributed by atoms with Crippen LogP contribution in [-0.2, 0) is 5.41 Å². The molecule has 0 fully saturated rings. The largest absolute Gasteiger partial charge is 0.261 e. The number of nitrogens with zero attached hydrogens (tertiary/aromatic N) is 3. The van der Waals surface area contributed by atoms with Gasteiger partial charge in [-0.25, -0.2) is 9.98 Å². The first-order valence-corrected chi connectivity index (χ1v) is 22.0. The molecular weight excluding hydrogens is 775 g/mol. The first-order chi connectivity index (χ1) is 31.7. The van der Waals surface area contributed by atoms with Crippen molar-refractivity contribution in [3.05, 3.63) is 309 Å². The van der Waals surface area contributed by atoms with Crippen LogP contribution >= 0.6 is 0 Å². The second-order valence-electron chi connectivity index (χ2n) is 16.3. The first-order valence-electron chi connectivity index (χ1n) is 22.0. The van der Waals surface area contributed by atoms with Gasteiger partial charge in [0.1, 0.15) is 0 Å². The standard InChI is InChI=1S/C61H47N3/c1-62-59(50-32-22-31-49(42-50)58(47-27-12-4-13-28-47)57(45-23-8-2-9-24-45)46-25-10-3-11-26-46)64-60(48-29-14-5-15-30-48)63-43-44-39-40-54-53-37-20-21-38-55(53)61(56(54)41-44,51-33-16-6-17-34-51)52-35-18-7-19-36-52/h2-39,41-42,54H,1,40,43H2.